The van der Waals surface area contributed by atoms with Crippen LogP contribution >= 0.6 is 11.8 Å². The fraction of sp³-hybridized carbons (Fsp3) is 0.263. The minimum Gasteiger partial charge on any atom is -0.287 e. The van der Waals surface area contributed by atoms with Crippen LogP contribution < -0.4 is 0 Å². The van der Waals surface area contributed by atoms with Crippen molar-refractivity contribution in [1.29, 1.82) is 0 Å². The standard InChI is InChI=1S/C19H21N7S/c1-13-9-16(14(2)26(13)18-21-12-22-23-18)17-11-27-19(25(3)24-17)20-10-15-7-5-4-6-8-15/h4-9,12H,10-11H2,1-3H3,(H,21,22,23). The van der Waals surface area contributed by atoms with Crippen molar-refractivity contribution in [3.05, 3.63) is 65.2 Å². The highest BCUT2D eigenvalue weighted by molar-refractivity contribution is 8.14. The van der Waals surface area contributed by atoms with E-state index in [0.717, 1.165) is 39.5 Å². The van der Waals surface area contributed by atoms with Gasteiger partial charge in [0.05, 0.1) is 12.3 Å². The minimum absolute atomic E-state index is 0.665. The number of nitrogens with zero attached hydrogens (tertiary/aromatic N) is 6. The van der Waals surface area contributed by atoms with Crippen LogP contribution in [0, 0.1) is 13.8 Å². The lowest BCUT2D eigenvalue weighted by Gasteiger charge is -2.22. The van der Waals surface area contributed by atoms with E-state index in [1.807, 2.05) is 30.3 Å². The summed E-state index contributed by atoms with van der Waals surface area (Å²) in [5, 5.41) is 14.5. The first-order valence-corrected chi connectivity index (χ1v) is 9.69. The lowest BCUT2D eigenvalue weighted by Crippen LogP contribution is -2.28. The van der Waals surface area contributed by atoms with E-state index >= 15 is 0 Å². The molecule has 2 aromatic heterocycles. The molecule has 1 N–H and O–H groups in total. The third-order valence-electron chi connectivity index (χ3n) is 4.48. The van der Waals surface area contributed by atoms with Gasteiger partial charge in [-0.15, -0.1) is 0 Å². The van der Waals surface area contributed by atoms with Crippen LogP contribution in [0.25, 0.3) is 5.95 Å². The third kappa shape index (κ3) is 3.52. The number of H-pyrrole nitrogens is 1. The second-order valence-corrected chi connectivity index (χ2v) is 7.32. The number of thioether (sulfide) groups is 1. The maximum Gasteiger partial charge on any atom is 0.229 e. The van der Waals surface area contributed by atoms with Crippen LogP contribution in [0.2, 0.25) is 0 Å². The molecule has 3 heterocycles. The molecule has 7 nitrogen and oxygen atoms in total. The number of aliphatic imine (C=N–C) groups is 1. The van der Waals surface area contributed by atoms with Crippen LogP contribution in [0.15, 0.2) is 52.8 Å². The summed E-state index contributed by atoms with van der Waals surface area (Å²) in [6, 6.07) is 12.4. The Morgan fingerprint density at radius 2 is 2.04 bits per heavy atom. The van der Waals surface area contributed by atoms with E-state index in [1.165, 1.54) is 11.9 Å². The molecule has 1 aromatic carbocycles. The summed E-state index contributed by atoms with van der Waals surface area (Å²) in [5.74, 6) is 1.51. The summed E-state index contributed by atoms with van der Waals surface area (Å²) in [7, 11) is 1.95. The van der Waals surface area contributed by atoms with E-state index in [9.17, 15) is 0 Å². The largest absolute Gasteiger partial charge is 0.287 e. The summed E-state index contributed by atoms with van der Waals surface area (Å²) in [6.45, 7) is 4.81. The van der Waals surface area contributed by atoms with Gasteiger partial charge >= 0.3 is 0 Å². The van der Waals surface area contributed by atoms with Gasteiger partial charge in [0.25, 0.3) is 0 Å². The average Bonchev–Trinajstić information content (AvgIpc) is 3.29. The maximum absolute atomic E-state index is 4.78. The molecule has 3 aromatic rings. The van der Waals surface area contributed by atoms with Gasteiger partial charge in [0.2, 0.25) is 5.95 Å². The molecule has 0 atom stereocenters. The molecular formula is C19H21N7S. The van der Waals surface area contributed by atoms with Crippen LogP contribution in [-0.2, 0) is 6.54 Å². The lowest BCUT2D eigenvalue weighted by molar-refractivity contribution is 0.550. The van der Waals surface area contributed by atoms with Crippen molar-refractivity contribution in [3.63, 3.8) is 0 Å². The molecule has 0 radical (unpaired) electrons. The van der Waals surface area contributed by atoms with E-state index in [0.29, 0.717) is 6.54 Å². The fourth-order valence-corrected chi connectivity index (χ4v) is 4.05. The van der Waals surface area contributed by atoms with Gasteiger partial charge in [0.1, 0.15) is 6.33 Å². The van der Waals surface area contributed by atoms with Crippen LogP contribution in [0.1, 0.15) is 22.5 Å². The highest BCUT2D eigenvalue weighted by Gasteiger charge is 2.22. The molecule has 1 aliphatic heterocycles. The Hall–Kier alpha value is -2.87. The number of nitrogens with one attached hydrogen (secondary N) is 1. The fourth-order valence-electron chi connectivity index (χ4n) is 3.19. The first-order chi connectivity index (χ1) is 13.1. The van der Waals surface area contributed by atoms with Crippen LogP contribution in [-0.4, -0.2) is 48.4 Å². The number of amidine groups is 1. The van der Waals surface area contributed by atoms with E-state index in [1.54, 1.807) is 11.8 Å². The van der Waals surface area contributed by atoms with Crippen molar-refractivity contribution >= 4 is 22.6 Å². The van der Waals surface area contributed by atoms with Crippen molar-refractivity contribution in [2.75, 3.05) is 12.8 Å². The summed E-state index contributed by atoms with van der Waals surface area (Å²) in [5.41, 5.74) is 5.56. The zero-order chi connectivity index (χ0) is 18.8. The molecular weight excluding hydrogens is 358 g/mol. The molecule has 138 valence electrons. The predicted octanol–water partition coefficient (Wildman–Crippen LogP) is 3.15. The summed E-state index contributed by atoms with van der Waals surface area (Å²) in [6.07, 6.45) is 1.52. The molecule has 0 amide bonds. The molecule has 0 unspecified atom stereocenters. The number of aryl methyl sites for hydroxylation is 1. The Kier molecular flexibility index (Phi) is 4.81. The molecule has 0 bridgehead atoms. The topological polar surface area (TPSA) is 74.5 Å². The maximum atomic E-state index is 4.78. The first-order valence-electron chi connectivity index (χ1n) is 8.71. The Balaban J connectivity index is 1.57. The highest BCUT2D eigenvalue weighted by Crippen LogP contribution is 2.24. The van der Waals surface area contributed by atoms with Gasteiger partial charge in [0, 0.05) is 29.8 Å². The summed E-state index contributed by atoms with van der Waals surface area (Å²) < 4.78 is 2.06. The molecule has 8 heteroatoms. The molecule has 0 saturated carbocycles. The summed E-state index contributed by atoms with van der Waals surface area (Å²) in [4.78, 5) is 8.99. The smallest absolute Gasteiger partial charge is 0.229 e. The number of rotatable bonds is 4. The highest BCUT2D eigenvalue weighted by atomic mass is 32.2. The van der Waals surface area contributed by atoms with Gasteiger partial charge in [-0.3, -0.25) is 9.56 Å². The van der Waals surface area contributed by atoms with E-state index in [4.69, 9.17) is 10.1 Å². The van der Waals surface area contributed by atoms with Crippen LogP contribution in [0.5, 0.6) is 0 Å². The number of aromatic amines is 1. The van der Waals surface area contributed by atoms with Gasteiger partial charge in [-0.1, -0.05) is 42.1 Å². The first kappa shape index (κ1) is 17.5. The normalized spacial score (nSPS) is 16.0. The van der Waals surface area contributed by atoms with Crippen molar-refractivity contribution in [1.82, 2.24) is 24.8 Å². The zero-order valence-corrected chi connectivity index (χ0v) is 16.4. The van der Waals surface area contributed by atoms with Crippen molar-refractivity contribution in [2.45, 2.75) is 20.4 Å². The molecule has 0 fully saturated rings. The predicted molar refractivity (Wildman–Crippen MR) is 110 cm³/mol. The zero-order valence-electron chi connectivity index (χ0n) is 15.5. The van der Waals surface area contributed by atoms with Crippen molar-refractivity contribution in [3.8, 4) is 5.95 Å². The Labute approximate surface area is 162 Å². The van der Waals surface area contributed by atoms with Gasteiger partial charge in [-0.05, 0) is 25.5 Å². The van der Waals surface area contributed by atoms with E-state index < -0.39 is 0 Å². The number of hydrogen-bond donors (Lipinski definition) is 1. The molecule has 1 aliphatic rings. The Bertz CT molecular complexity index is 987. The third-order valence-corrected chi connectivity index (χ3v) is 5.55. The van der Waals surface area contributed by atoms with E-state index in [-0.39, 0.29) is 0 Å². The van der Waals surface area contributed by atoms with Gasteiger partial charge < -0.3 is 0 Å². The average molecular weight is 379 g/mol. The summed E-state index contributed by atoms with van der Waals surface area (Å²) >= 11 is 1.71. The molecule has 4 rings (SSSR count). The van der Waals surface area contributed by atoms with Gasteiger partial charge in [-0.25, -0.2) is 10.1 Å². The number of benzene rings is 1. The van der Waals surface area contributed by atoms with Gasteiger partial charge in [0.15, 0.2) is 5.17 Å². The van der Waals surface area contributed by atoms with Crippen molar-refractivity contribution in [2.24, 2.45) is 10.1 Å². The van der Waals surface area contributed by atoms with Gasteiger partial charge in [-0.2, -0.15) is 15.2 Å². The minimum atomic E-state index is 0.665. The Morgan fingerprint density at radius 3 is 2.74 bits per heavy atom. The van der Waals surface area contributed by atoms with Crippen molar-refractivity contribution < 1.29 is 0 Å². The van der Waals surface area contributed by atoms with E-state index in [2.05, 4.69) is 51.8 Å². The van der Waals surface area contributed by atoms with Crippen LogP contribution in [0.4, 0.5) is 0 Å². The molecule has 27 heavy (non-hydrogen) atoms. The number of hydrogen-bond acceptors (Lipinski definition) is 5. The molecule has 0 aliphatic carbocycles. The second kappa shape index (κ2) is 7.40. The molecule has 0 spiro atoms. The SMILES string of the molecule is Cc1cc(C2=NN(C)C(=NCc3ccccc3)SC2)c(C)n1-c1ncn[nH]1. The monoisotopic (exact) mass is 379 g/mol. The number of hydrazone groups is 1. The second-order valence-electron chi connectivity index (χ2n) is 6.37. The lowest BCUT2D eigenvalue weighted by atomic mass is 10.1. The Morgan fingerprint density at radius 1 is 1.22 bits per heavy atom. The molecule has 0 saturated heterocycles. The quantitative estimate of drug-likeness (QED) is 0.756. The van der Waals surface area contributed by atoms with Crippen LogP contribution in [0.3, 0.4) is 0 Å². The number of aromatic nitrogens is 4.